The van der Waals surface area contributed by atoms with E-state index >= 15 is 0 Å². The van der Waals surface area contributed by atoms with E-state index in [1.165, 1.54) is 0 Å². The van der Waals surface area contributed by atoms with Crippen LogP contribution in [0.5, 0.6) is 5.75 Å². The lowest BCUT2D eigenvalue weighted by molar-refractivity contribution is 0.429. The second-order valence-corrected chi connectivity index (χ2v) is 4.94. The first-order chi connectivity index (χ1) is 9.04. The fraction of sp³-hybridized carbons (Fsp3) is 0.429. The Bertz CT molecular complexity index is 550. The number of aromatic nitrogens is 3. The maximum atomic E-state index is 9.72. The molecule has 5 nitrogen and oxygen atoms in total. The molecule has 2 aromatic rings. The van der Waals surface area contributed by atoms with E-state index in [4.69, 9.17) is 0 Å². The Morgan fingerprint density at radius 3 is 2.84 bits per heavy atom. The molecule has 0 aliphatic rings. The summed E-state index contributed by atoms with van der Waals surface area (Å²) in [5.74, 6) is 0.236. The minimum Gasteiger partial charge on any atom is -0.506 e. The van der Waals surface area contributed by atoms with Crippen LogP contribution < -0.4 is 5.32 Å². The monoisotopic (exact) mass is 260 g/mol. The van der Waals surface area contributed by atoms with Crippen LogP contribution in [0.4, 0.5) is 0 Å². The average Bonchev–Trinajstić information content (AvgIpc) is 2.76. The number of aromatic hydroxyl groups is 1. The SMILES string of the molecule is Cc1cnn(CC(C)NCc2nc(C)ccc2O)c1. The summed E-state index contributed by atoms with van der Waals surface area (Å²) in [6.07, 6.45) is 3.86. The van der Waals surface area contributed by atoms with E-state index in [-0.39, 0.29) is 11.8 Å². The van der Waals surface area contributed by atoms with Crippen molar-refractivity contribution in [2.75, 3.05) is 0 Å². The van der Waals surface area contributed by atoms with Gasteiger partial charge in [0.25, 0.3) is 0 Å². The summed E-state index contributed by atoms with van der Waals surface area (Å²) in [6.45, 7) is 7.37. The van der Waals surface area contributed by atoms with Crippen molar-refractivity contribution in [2.24, 2.45) is 0 Å². The zero-order valence-electron chi connectivity index (χ0n) is 11.6. The number of hydrogen-bond acceptors (Lipinski definition) is 4. The Morgan fingerprint density at radius 1 is 1.37 bits per heavy atom. The van der Waals surface area contributed by atoms with Gasteiger partial charge in [-0.3, -0.25) is 9.67 Å². The van der Waals surface area contributed by atoms with Gasteiger partial charge in [0.15, 0.2) is 0 Å². The zero-order chi connectivity index (χ0) is 13.8. The van der Waals surface area contributed by atoms with Gasteiger partial charge in [-0.05, 0) is 38.5 Å². The normalized spacial score (nSPS) is 12.6. The summed E-state index contributed by atoms with van der Waals surface area (Å²) in [7, 11) is 0. The fourth-order valence-corrected chi connectivity index (χ4v) is 1.92. The molecule has 0 amide bonds. The maximum Gasteiger partial charge on any atom is 0.138 e. The van der Waals surface area contributed by atoms with Crippen LogP contribution in [0.3, 0.4) is 0 Å². The summed E-state index contributed by atoms with van der Waals surface area (Å²) in [4.78, 5) is 4.32. The second kappa shape index (κ2) is 5.84. The highest BCUT2D eigenvalue weighted by Gasteiger charge is 2.07. The molecule has 0 radical (unpaired) electrons. The van der Waals surface area contributed by atoms with E-state index in [0.29, 0.717) is 12.2 Å². The third-order valence-corrected chi connectivity index (χ3v) is 2.93. The van der Waals surface area contributed by atoms with E-state index in [1.54, 1.807) is 12.1 Å². The third kappa shape index (κ3) is 3.79. The van der Waals surface area contributed by atoms with Crippen LogP contribution in [-0.2, 0) is 13.1 Å². The lowest BCUT2D eigenvalue weighted by Crippen LogP contribution is -2.30. The van der Waals surface area contributed by atoms with Crippen molar-refractivity contribution < 1.29 is 5.11 Å². The maximum absolute atomic E-state index is 9.72. The Kier molecular flexibility index (Phi) is 4.16. The second-order valence-electron chi connectivity index (χ2n) is 4.94. The van der Waals surface area contributed by atoms with Crippen molar-refractivity contribution in [3.8, 4) is 5.75 Å². The van der Waals surface area contributed by atoms with E-state index in [1.807, 2.05) is 30.9 Å². The molecule has 0 spiro atoms. The van der Waals surface area contributed by atoms with Crippen molar-refractivity contribution >= 4 is 0 Å². The third-order valence-electron chi connectivity index (χ3n) is 2.93. The van der Waals surface area contributed by atoms with Gasteiger partial charge >= 0.3 is 0 Å². The lowest BCUT2D eigenvalue weighted by atomic mass is 10.2. The van der Waals surface area contributed by atoms with Crippen LogP contribution in [-0.4, -0.2) is 25.9 Å². The van der Waals surface area contributed by atoms with Crippen LogP contribution >= 0.6 is 0 Å². The lowest BCUT2D eigenvalue weighted by Gasteiger charge is -2.14. The van der Waals surface area contributed by atoms with Crippen LogP contribution in [0.15, 0.2) is 24.5 Å². The number of rotatable bonds is 5. The summed E-state index contributed by atoms with van der Waals surface area (Å²) in [6, 6.07) is 3.73. The predicted molar refractivity (Wildman–Crippen MR) is 73.9 cm³/mol. The molecule has 2 heterocycles. The molecule has 1 unspecified atom stereocenters. The fourth-order valence-electron chi connectivity index (χ4n) is 1.92. The smallest absolute Gasteiger partial charge is 0.138 e. The Labute approximate surface area is 113 Å². The first-order valence-electron chi connectivity index (χ1n) is 6.42. The van der Waals surface area contributed by atoms with Crippen LogP contribution in [0.2, 0.25) is 0 Å². The van der Waals surface area contributed by atoms with Crippen molar-refractivity contribution in [1.29, 1.82) is 0 Å². The molecule has 1 atom stereocenters. The molecule has 0 aromatic carbocycles. The van der Waals surface area contributed by atoms with Crippen LogP contribution in [0.25, 0.3) is 0 Å². The molecule has 2 aromatic heterocycles. The molecular weight excluding hydrogens is 240 g/mol. The first-order valence-corrected chi connectivity index (χ1v) is 6.42. The number of nitrogens with one attached hydrogen (secondary N) is 1. The van der Waals surface area contributed by atoms with E-state index in [9.17, 15) is 5.11 Å². The van der Waals surface area contributed by atoms with E-state index < -0.39 is 0 Å². The molecule has 0 fully saturated rings. The van der Waals surface area contributed by atoms with Gasteiger partial charge in [-0.1, -0.05) is 0 Å². The summed E-state index contributed by atoms with van der Waals surface area (Å²) in [5, 5.41) is 17.3. The van der Waals surface area contributed by atoms with Gasteiger partial charge < -0.3 is 10.4 Å². The quantitative estimate of drug-likeness (QED) is 0.860. The highest BCUT2D eigenvalue weighted by Crippen LogP contribution is 2.14. The molecule has 0 aliphatic heterocycles. The van der Waals surface area contributed by atoms with Crippen LogP contribution in [0.1, 0.15) is 23.9 Å². The Balaban J connectivity index is 1.89. The standard InChI is InChI=1S/C14H20N4O/c1-10-6-16-18(8-10)9-12(3)15-7-13-14(19)5-4-11(2)17-13/h4-6,8,12,15,19H,7,9H2,1-3H3. The van der Waals surface area contributed by atoms with Crippen molar-refractivity contribution in [3.05, 3.63) is 41.5 Å². The highest BCUT2D eigenvalue weighted by atomic mass is 16.3. The average molecular weight is 260 g/mol. The molecule has 102 valence electrons. The van der Waals surface area contributed by atoms with Crippen molar-refractivity contribution in [3.63, 3.8) is 0 Å². The zero-order valence-corrected chi connectivity index (χ0v) is 11.6. The molecule has 0 aliphatic carbocycles. The van der Waals surface area contributed by atoms with Gasteiger partial charge in [-0.15, -0.1) is 0 Å². The molecule has 0 saturated heterocycles. The molecule has 0 bridgehead atoms. The minimum atomic E-state index is 0.236. The van der Waals surface area contributed by atoms with Gasteiger partial charge in [0, 0.05) is 24.5 Å². The van der Waals surface area contributed by atoms with Gasteiger partial charge in [0.05, 0.1) is 18.4 Å². The number of aryl methyl sites for hydroxylation is 2. The summed E-state index contributed by atoms with van der Waals surface area (Å²) in [5.41, 5.74) is 2.75. The molecule has 5 heteroatoms. The summed E-state index contributed by atoms with van der Waals surface area (Å²) < 4.78 is 1.91. The minimum absolute atomic E-state index is 0.236. The summed E-state index contributed by atoms with van der Waals surface area (Å²) >= 11 is 0. The van der Waals surface area contributed by atoms with Gasteiger partial charge in [0.2, 0.25) is 0 Å². The molecular formula is C14H20N4O. The molecule has 0 saturated carbocycles. The number of nitrogens with zero attached hydrogens (tertiary/aromatic N) is 3. The Hall–Kier alpha value is -1.88. The number of pyridine rings is 1. The molecule has 2 rings (SSSR count). The van der Waals surface area contributed by atoms with Crippen LogP contribution in [0, 0.1) is 13.8 Å². The topological polar surface area (TPSA) is 63.0 Å². The van der Waals surface area contributed by atoms with Crippen molar-refractivity contribution in [1.82, 2.24) is 20.1 Å². The molecule has 19 heavy (non-hydrogen) atoms. The predicted octanol–water partition coefficient (Wildman–Crippen LogP) is 1.78. The van der Waals surface area contributed by atoms with E-state index in [2.05, 4.69) is 22.3 Å². The highest BCUT2D eigenvalue weighted by molar-refractivity contribution is 5.27. The Morgan fingerprint density at radius 2 is 2.16 bits per heavy atom. The van der Waals surface area contributed by atoms with Gasteiger partial charge in [-0.25, -0.2) is 0 Å². The van der Waals surface area contributed by atoms with Gasteiger partial charge in [-0.2, -0.15) is 5.10 Å². The van der Waals surface area contributed by atoms with Crippen molar-refractivity contribution in [2.45, 2.75) is 39.9 Å². The molecule has 2 N–H and O–H groups in total. The number of hydrogen-bond donors (Lipinski definition) is 2. The largest absolute Gasteiger partial charge is 0.506 e. The first kappa shape index (κ1) is 13.5. The van der Waals surface area contributed by atoms with E-state index in [0.717, 1.165) is 17.8 Å². The van der Waals surface area contributed by atoms with Gasteiger partial charge in [0.1, 0.15) is 5.75 Å².